The van der Waals surface area contributed by atoms with Gasteiger partial charge in [-0.2, -0.15) is 5.10 Å². The van der Waals surface area contributed by atoms with Crippen LogP contribution in [0.25, 0.3) is 11.4 Å². The Morgan fingerprint density at radius 3 is 2.52 bits per heavy atom. The number of rotatable bonds is 7. The number of halogens is 2. The third kappa shape index (κ3) is 6.25. The summed E-state index contributed by atoms with van der Waals surface area (Å²) in [5.74, 6) is 0.857. The molecule has 33 heavy (non-hydrogen) atoms. The maximum Gasteiger partial charge on any atom is 0.250 e. The largest absolute Gasteiger partial charge is 0.299 e. The van der Waals surface area contributed by atoms with E-state index in [9.17, 15) is 4.79 Å². The van der Waals surface area contributed by atoms with Gasteiger partial charge in [-0.25, -0.2) is 5.43 Å². The zero-order valence-corrected chi connectivity index (χ0v) is 21.5. The predicted molar refractivity (Wildman–Crippen MR) is 138 cm³/mol. The zero-order valence-electron chi connectivity index (χ0n) is 18.3. The summed E-state index contributed by atoms with van der Waals surface area (Å²) >= 11 is 10.9. The van der Waals surface area contributed by atoms with E-state index in [1.807, 2.05) is 55.5 Å². The number of amides is 1. The van der Waals surface area contributed by atoms with Crippen LogP contribution in [0.2, 0.25) is 5.02 Å². The molecule has 0 spiro atoms. The van der Waals surface area contributed by atoms with Crippen molar-refractivity contribution in [3.05, 3.63) is 63.6 Å². The van der Waals surface area contributed by atoms with Crippen LogP contribution in [0.3, 0.4) is 0 Å². The monoisotopic (exact) mass is 545 g/mol. The minimum atomic E-state index is -0.178. The molecule has 1 N–H and O–H groups in total. The van der Waals surface area contributed by atoms with Gasteiger partial charge in [-0.05, 0) is 61.7 Å². The van der Waals surface area contributed by atoms with E-state index in [0.717, 1.165) is 45.1 Å². The molecule has 0 unspecified atom stereocenters. The Labute approximate surface area is 211 Å². The summed E-state index contributed by atoms with van der Waals surface area (Å²) in [5, 5.41) is 14.6. The van der Waals surface area contributed by atoms with Crippen LogP contribution in [-0.2, 0) is 4.79 Å². The average Bonchev–Trinajstić information content (AvgIpc) is 3.26. The second-order valence-electron chi connectivity index (χ2n) is 8.00. The number of benzene rings is 2. The molecule has 9 heteroatoms. The van der Waals surface area contributed by atoms with Crippen molar-refractivity contribution in [2.45, 2.75) is 50.2 Å². The molecule has 0 saturated heterocycles. The smallest absolute Gasteiger partial charge is 0.250 e. The summed E-state index contributed by atoms with van der Waals surface area (Å²) in [6.07, 6.45) is 5.83. The quantitative estimate of drug-likeness (QED) is 0.209. The topological polar surface area (TPSA) is 72.2 Å². The van der Waals surface area contributed by atoms with Crippen molar-refractivity contribution < 1.29 is 4.79 Å². The Morgan fingerprint density at radius 2 is 1.82 bits per heavy atom. The number of hydrogen-bond acceptors (Lipinski definition) is 5. The van der Waals surface area contributed by atoms with Crippen molar-refractivity contribution in [2.24, 2.45) is 5.10 Å². The standard InChI is InChI=1S/C24H25BrClN5OS/c1-16(17-7-11-19(25)12-8-17)27-28-22(32)15-33-24-30-29-23(18-9-13-20(26)14-10-18)31(24)21-5-3-2-4-6-21/h7-14,21H,2-6,15H2,1H3,(H,28,32). The molecule has 1 aliphatic rings. The molecule has 0 atom stereocenters. The van der Waals surface area contributed by atoms with Crippen LogP contribution in [0, 0.1) is 0 Å². The third-order valence-corrected chi connectivity index (χ3v) is 7.37. The summed E-state index contributed by atoms with van der Waals surface area (Å²) in [6.45, 7) is 1.87. The van der Waals surface area contributed by atoms with Gasteiger partial charge in [0.05, 0.1) is 11.5 Å². The highest BCUT2D eigenvalue weighted by molar-refractivity contribution is 9.10. The first-order valence-corrected chi connectivity index (χ1v) is 13.1. The molecule has 172 valence electrons. The van der Waals surface area contributed by atoms with Crippen molar-refractivity contribution in [3.8, 4) is 11.4 Å². The number of hydrazone groups is 1. The number of hydrogen-bond donors (Lipinski definition) is 1. The van der Waals surface area contributed by atoms with E-state index in [1.165, 1.54) is 31.0 Å². The molecule has 6 nitrogen and oxygen atoms in total. The van der Waals surface area contributed by atoms with Crippen LogP contribution in [0.1, 0.15) is 50.6 Å². The molecule has 2 aromatic carbocycles. The Bertz CT molecular complexity index is 1120. The lowest BCUT2D eigenvalue weighted by molar-refractivity contribution is -0.118. The molecular formula is C24H25BrClN5OS. The molecule has 1 aliphatic carbocycles. The minimum absolute atomic E-state index is 0.178. The van der Waals surface area contributed by atoms with E-state index in [2.05, 4.69) is 41.2 Å². The summed E-state index contributed by atoms with van der Waals surface area (Å²) in [7, 11) is 0. The minimum Gasteiger partial charge on any atom is -0.299 e. The van der Waals surface area contributed by atoms with Crippen LogP contribution in [0.5, 0.6) is 0 Å². The molecule has 1 heterocycles. The highest BCUT2D eigenvalue weighted by atomic mass is 79.9. The molecule has 1 fully saturated rings. The van der Waals surface area contributed by atoms with Crippen LogP contribution >= 0.6 is 39.3 Å². The van der Waals surface area contributed by atoms with E-state index < -0.39 is 0 Å². The van der Waals surface area contributed by atoms with Crippen molar-refractivity contribution in [3.63, 3.8) is 0 Å². The molecule has 4 rings (SSSR count). The zero-order chi connectivity index (χ0) is 23.2. The summed E-state index contributed by atoms with van der Waals surface area (Å²) in [4.78, 5) is 12.5. The Balaban J connectivity index is 1.47. The van der Waals surface area contributed by atoms with Gasteiger partial charge in [0.25, 0.3) is 5.91 Å². The van der Waals surface area contributed by atoms with Crippen molar-refractivity contribution in [1.29, 1.82) is 0 Å². The fourth-order valence-corrected chi connectivity index (χ4v) is 5.09. The fourth-order valence-electron chi connectivity index (χ4n) is 3.90. The highest BCUT2D eigenvalue weighted by Gasteiger charge is 2.24. The first kappa shape index (κ1) is 24.0. The molecule has 0 radical (unpaired) electrons. The van der Waals surface area contributed by atoms with Gasteiger partial charge >= 0.3 is 0 Å². The van der Waals surface area contributed by atoms with Crippen LogP contribution < -0.4 is 5.43 Å². The van der Waals surface area contributed by atoms with Gasteiger partial charge in [0, 0.05) is 21.1 Å². The van der Waals surface area contributed by atoms with Gasteiger partial charge in [-0.15, -0.1) is 10.2 Å². The Kier molecular flexibility index (Phi) is 8.22. The first-order valence-electron chi connectivity index (χ1n) is 10.9. The van der Waals surface area contributed by atoms with Gasteiger partial charge in [0.15, 0.2) is 11.0 Å². The number of carbonyl (C=O) groups is 1. The normalized spacial score (nSPS) is 14.9. The van der Waals surface area contributed by atoms with Gasteiger partial charge in [-0.1, -0.05) is 70.7 Å². The maximum atomic E-state index is 12.5. The number of thioether (sulfide) groups is 1. The third-order valence-electron chi connectivity index (χ3n) is 5.65. The number of nitrogens with zero attached hydrogens (tertiary/aromatic N) is 4. The van der Waals surface area contributed by atoms with E-state index in [1.54, 1.807) is 0 Å². The number of nitrogens with one attached hydrogen (secondary N) is 1. The molecule has 1 amide bonds. The maximum absolute atomic E-state index is 12.5. The number of carbonyl (C=O) groups excluding carboxylic acids is 1. The van der Waals surface area contributed by atoms with Crippen LogP contribution in [0.4, 0.5) is 0 Å². The fraction of sp³-hybridized carbons (Fsp3) is 0.333. The highest BCUT2D eigenvalue weighted by Crippen LogP contribution is 2.35. The summed E-state index contributed by atoms with van der Waals surface area (Å²) < 4.78 is 3.20. The number of aromatic nitrogens is 3. The van der Waals surface area contributed by atoms with E-state index in [0.29, 0.717) is 11.1 Å². The van der Waals surface area contributed by atoms with Gasteiger partial charge in [0.1, 0.15) is 0 Å². The predicted octanol–water partition coefficient (Wildman–Crippen LogP) is 6.50. The lowest BCUT2D eigenvalue weighted by Gasteiger charge is -2.25. The average molecular weight is 547 g/mol. The molecule has 0 aliphatic heterocycles. The van der Waals surface area contributed by atoms with E-state index in [4.69, 9.17) is 11.6 Å². The second-order valence-corrected chi connectivity index (χ2v) is 10.3. The van der Waals surface area contributed by atoms with Gasteiger partial charge < -0.3 is 0 Å². The molecule has 1 aromatic heterocycles. The molecule has 1 saturated carbocycles. The van der Waals surface area contributed by atoms with Gasteiger partial charge in [-0.3, -0.25) is 9.36 Å². The lowest BCUT2D eigenvalue weighted by Crippen LogP contribution is -2.22. The Hall–Kier alpha value is -2.16. The Morgan fingerprint density at radius 1 is 1.12 bits per heavy atom. The SMILES string of the molecule is CC(=NNC(=O)CSc1nnc(-c2ccc(Cl)cc2)n1C1CCCCC1)c1ccc(Br)cc1. The van der Waals surface area contributed by atoms with Crippen molar-refractivity contribution in [1.82, 2.24) is 20.2 Å². The molecular weight excluding hydrogens is 522 g/mol. The summed E-state index contributed by atoms with van der Waals surface area (Å²) in [5.41, 5.74) is 5.33. The van der Waals surface area contributed by atoms with Crippen molar-refractivity contribution in [2.75, 3.05) is 5.75 Å². The lowest BCUT2D eigenvalue weighted by atomic mass is 9.95. The van der Waals surface area contributed by atoms with E-state index >= 15 is 0 Å². The van der Waals surface area contributed by atoms with Crippen LogP contribution in [0.15, 0.2) is 63.3 Å². The summed E-state index contributed by atoms with van der Waals surface area (Å²) in [6, 6.07) is 15.8. The van der Waals surface area contributed by atoms with Crippen molar-refractivity contribution >= 4 is 50.9 Å². The molecule has 3 aromatic rings. The van der Waals surface area contributed by atoms with E-state index in [-0.39, 0.29) is 11.7 Å². The second kappa shape index (κ2) is 11.3. The van der Waals surface area contributed by atoms with Crippen LogP contribution in [-0.4, -0.2) is 32.1 Å². The van der Waals surface area contributed by atoms with Gasteiger partial charge in [0.2, 0.25) is 0 Å². The molecule has 0 bridgehead atoms. The first-order chi connectivity index (χ1) is 16.0.